The lowest BCUT2D eigenvalue weighted by molar-refractivity contribution is 0.0936. The quantitative estimate of drug-likeness (QED) is 0.842. The van der Waals surface area contributed by atoms with Crippen LogP contribution in [-0.4, -0.2) is 20.4 Å². The minimum Gasteiger partial charge on any atom is -0.350 e. The SMILES string of the molecule is CCc1ccc(C(=O)NC(C)CC(C)C)cc1S(N)(=O)=O. The molecule has 3 N–H and O–H groups in total. The first-order valence-corrected chi connectivity index (χ1v) is 8.66. The molecular weight excluding hydrogens is 288 g/mol. The highest BCUT2D eigenvalue weighted by Crippen LogP contribution is 2.17. The van der Waals surface area contributed by atoms with E-state index in [0.717, 1.165) is 6.42 Å². The molecule has 0 aliphatic rings. The largest absolute Gasteiger partial charge is 0.350 e. The van der Waals surface area contributed by atoms with Gasteiger partial charge in [0.05, 0.1) is 4.90 Å². The van der Waals surface area contributed by atoms with Gasteiger partial charge < -0.3 is 5.32 Å². The van der Waals surface area contributed by atoms with E-state index in [2.05, 4.69) is 19.2 Å². The Bertz CT molecular complexity index is 609. The van der Waals surface area contributed by atoms with E-state index in [1.165, 1.54) is 6.07 Å². The Labute approximate surface area is 127 Å². The molecule has 21 heavy (non-hydrogen) atoms. The number of amides is 1. The van der Waals surface area contributed by atoms with Gasteiger partial charge in [-0.1, -0.05) is 26.8 Å². The van der Waals surface area contributed by atoms with Crippen LogP contribution in [0.4, 0.5) is 0 Å². The van der Waals surface area contributed by atoms with Gasteiger partial charge in [-0.15, -0.1) is 0 Å². The molecule has 1 rings (SSSR count). The number of aryl methyl sites for hydroxylation is 1. The first-order chi connectivity index (χ1) is 9.65. The molecule has 1 atom stereocenters. The van der Waals surface area contributed by atoms with Gasteiger partial charge in [0.15, 0.2) is 0 Å². The number of benzene rings is 1. The average Bonchev–Trinajstić information content (AvgIpc) is 2.35. The van der Waals surface area contributed by atoms with Gasteiger partial charge in [0.2, 0.25) is 10.0 Å². The molecule has 118 valence electrons. The summed E-state index contributed by atoms with van der Waals surface area (Å²) >= 11 is 0. The number of carbonyl (C=O) groups is 1. The van der Waals surface area contributed by atoms with Crippen LogP contribution in [-0.2, 0) is 16.4 Å². The molecule has 0 radical (unpaired) electrons. The summed E-state index contributed by atoms with van der Waals surface area (Å²) < 4.78 is 23.2. The molecule has 1 aromatic rings. The van der Waals surface area contributed by atoms with E-state index in [4.69, 9.17) is 5.14 Å². The van der Waals surface area contributed by atoms with Gasteiger partial charge in [0.1, 0.15) is 0 Å². The number of rotatable bonds is 6. The number of sulfonamides is 1. The number of nitrogens with two attached hydrogens (primary N) is 1. The maximum atomic E-state index is 12.2. The number of nitrogens with one attached hydrogen (secondary N) is 1. The summed E-state index contributed by atoms with van der Waals surface area (Å²) in [4.78, 5) is 12.2. The highest BCUT2D eigenvalue weighted by atomic mass is 32.2. The summed E-state index contributed by atoms with van der Waals surface area (Å²) in [7, 11) is -3.83. The molecule has 0 aliphatic heterocycles. The fraction of sp³-hybridized carbons (Fsp3) is 0.533. The summed E-state index contributed by atoms with van der Waals surface area (Å²) in [6.45, 7) is 7.93. The van der Waals surface area contributed by atoms with E-state index in [0.29, 0.717) is 23.5 Å². The van der Waals surface area contributed by atoms with Crippen LogP contribution in [0.1, 0.15) is 50.0 Å². The second-order valence-electron chi connectivity index (χ2n) is 5.73. The van der Waals surface area contributed by atoms with Crippen LogP contribution in [0, 0.1) is 5.92 Å². The summed E-state index contributed by atoms with van der Waals surface area (Å²) in [5.41, 5.74) is 0.927. The molecule has 0 aliphatic carbocycles. The Morgan fingerprint density at radius 3 is 2.38 bits per heavy atom. The van der Waals surface area contributed by atoms with Crippen molar-refractivity contribution in [1.82, 2.24) is 5.32 Å². The Morgan fingerprint density at radius 2 is 1.90 bits per heavy atom. The van der Waals surface area contributed by atoms with E-state index in [1.807, 2.05) is 13.8 Å². The van der Waals surface area contributed by atoms with Crippen molar-refractivity contribution in [1.29, 1.82) is 0 Å². The lowest BCUT2D eigenvalue weighted by Crippen LogP contribution is -2.33. The molecule has 1 unspecified atom stereocenters. The van der Waals surface area contributed by atoms with Crippen LogP contribution >= 0.6 is 0 Å². The van der Waals surface area contributed by atoms with Crippen molar-refractivity contribution in [2.24, 2.45) is 11.1 Å². The first-order valence-electron chi connectivity index (χ1n) is 7.11. The zero-order valence-electron chi connectivity index (χ0n) is 13.0. The maximum Gasteiger partial charge on any atom is 0.251 e. The van der Waals surface area contributed by atoms with Crippen molar-refractivity contribution in [2.45, 2.75) is 51.5 Å². The number of hydrogen-bond acceptors (Lipinski definition) is 3. The fourth-order valence-electron chi connectivity index (χ4n) is 2.33. The number of primary sulfonamides is 1. The van der Waals surface area contributed by atoms with E-state index in [1.54, 1.807) is 12.1 Å². The van der Waals surface area contributed by atoms with Gasteiger partial charge in [-0.05, 0) is 43.4 Å². The molecule has 0 aromatic heterocycles. The van der Waals surface area contributed by atoms with Crippen molar-refractivity contribution >= 4 is 15.9 Å². The second kappa shape index (κ2) is 7.04. The second-order valence-corrected chi connectivity index (χ2v) is 7.25. The Kier molecular flexibility index (Phi) is 5.92. The van der Waals surface area contributed by atoms with Crippen LogP contribution in [0.25, 0.3) is 0 Å². The first kappa shape index (κ1) is 17.7. The van der Waals surface area contributed by atoms with Crippen LogP contribution in [0.5, 0.6) is 0 Å². The summed E-state index contributed by atoms with van der Waals surface area (Å²) in [6, 6.07) is 4.65. The monoisotopic (exact) mass is 312 g/mol. The van der Waals surface area contributed by atoms with Crippen molar-refractivity contribution in [3.8, 4) is 0 Å². The van der Waals surface area contributed by atoms with Crippen LogP contribution in [0.2, 0.25) is 0 Å². The zero-order valence-corrected chi connectivity index (χ0v) is 13.8. The zero-order chi connectivity index (χ0) is 16.2. The van der Waals surface area contributed by atoms with Crippen molar-refractivity contribution in [2.75, 3.05) is 0 Å². The van der Waals surface area contributed by atoms with E-state index < -0.39 is 10.0 Å². The van der Waals surface area contributed by atoms with Crippen LogP contribution in [0.3, 0.4) is 0 Å². The third-order valence-corrected chi connectivity index (χ3v) is 4.21. The van der Waals surface area contributed by atoms with E-state index in [9.17, 15) is 13.2 Å². The summed E-state index contributed by atoms with van der Waals surface area (Å²) in [6.07, 6.45) is 1.40. The van der Waals surface area contributed by atoms with Crippen molar-refractivity contribution < 1.29 is 13.2 Å². The Hall–Kier alpha value is -1.40. The standard InChI is InChI=1S/C15H24N2O3S/c1-5-12-6-7-13(9-14(12)21(16,19)20)15(18)17-11(4)8-10(2)3/h6-7,9-11H,5,8H2,1-4H3,(H,17,18)(H2,16,19,20). The Balaban J connectivity index is 3.02. The fourth-order valence-corrected chi connectivity index (χ4v) is 3.19. The van der Waals surface area contributed by atoms with Crippen molar-refractivity contribution in [3.05, 3.63) is 29.3 Å². The molecule has 5 nitrogen and oxygen atoms in total. The summed E-state index contributed by atoms with van der Waals surface area (Å²) in [5.74, 6) is 0.193. The minimum absolute atomic E-state index is 0.0224. The Morgan fingerprint density at radius 1 is 1.29 bits per heavy atom. The predicted octanol–water partition coefficient (Wildman–Crippen LogP) is 2.06. The van der Waals surface area contributed by atoms with Gasteiger partial charge in [0.25, 0.3) is 5.91 Å². The predicted molar refractivity (Wildman–Crippen MR) is 83.6 cm³/mol. The summed E-state index contributed by atoms with van der Waals surface area (Å²) in [5, 5.41) is 8.08. The molecule has 0 saturated carbocycles. The third-order valence-electron chi connectivity index (χ3n) is 3.22. The smallest absolute Gasteiger partial charge is 0.251 e. The van der Waals surface area contributed by atoms with E-state index >= 15 is 0 Å². The van der Waals surface area contributed by atoms with Crippen LogP contribution in [0.15, 0.2) is 23.1 Å². The van der Waals surface area contributed by atoms with Gasteiger partial charge in [-0.3, -0.25) is 4.79 Å². The minimum atomic E-state index is -3.83. The molecule has 1 amide bonds. The maximum absolute atomic E-state index is 12.2. The average molecular weight is 312 g/mol. The third kappa shape index (κ3) is 5.13. The van der Waals surface area contributed by atoms with Gasteiger partial charge in [-0.25, -0.2) is 13.6 Å². The van der Waals surface area contributed by atoms with Gasteiger partial charge >= 0.3 is 0 Å². The molecule has 0 saturated heterocycles. The number of hydrogen-bond donors (Lipinski definition) is 2. The van der Waals surface area contributed by atoms with E-state index in [-0.39, 0.29) is 16.8 Å². The lowest BCUT2D eigenvalue weighted by atomic mass is 10.0. The molecule has 0 bridgehead atoms. The molecule has 0 spiro atoms. The molecule has 1 aromatic carbocycles. The van der Waals surface area contributed by atoms with Crippen LogP contribution < -0.4 is 10.5 Å². The van der Waals surface area contributed by atoms with Crippen molar-refractivity contribution in [3.63, 3.8) is 0 Å². The van der Waals surface area contributed by atoms with Gasteiger partial charge in [0, 0.05) is 11.6 Å². The highest BCUT2D eigenvalue weighted by Gasteiger charge is 2.17. The lowest BCUT2D eigenvalue weighted by Gasteiger charge is -2.16. The normalized spacial score (nSPS) is 13.2. The highest BCUT2D eigenvalue weighted by molar-refractivity contribution is 7.89. The molecular formula is C15H24N2O3S. The topological polar surface area (TPSA) is 89.3 Å². The van der Waals surface area contributed by atoms with Gasteiger partial charge in [-0.2, -0.15) is 0 Å². The molecule has 0 fully saturated rings. The molecule has 6 heteroatoms. The molecule has 0 heterocycles. The number of carbonyl (C=O) groups excluding carboxylic acids is 1.